The van der Waals surface area contributed by atoms with Crippen molar-refractivity contribution in [3.8, 4) is 0 Å². The first-order chi connectivity index (χ1) is 14.0. The zero-order valence-corrected chi connectivity index (χ0v) is 17.3. The largest absolute Gasteiger partial charge is 0.280 e. The van der Waals surface area contributed by atoms with Crippen LogP contribution in [-0.2, 0) is 12.8 Å². The van der Waals surface area contributed by atoms with E-state index in [1.165, 1.54) is 22.5 Å². The smallest absolute Gasteiger partial charge is 0.267 e. The number of nitrogens with zero attached hydrogens (tertiary/aromatic N) is 2. The molecule has 1 aromatic carbocycles. The zero-order chi connectivity index (χ0) is 20.1. The highest BCUT2D eigenvalue weighted by Crippen LogP contribution is 2.40. The summed E-state index contributed by atoms with van der Waals surface area (Å²) in [7, 11) is 0. The van der Waals surface area contributed by atoms with Crippen LogP contribution in [0.15, 0.2) is 18.2 Å². The molecule has 0 atom stereocenters. The van der Waals surface area contributed by atoms with Gasteiger partial charge in [-0.15, -0.1) is 11.3 Å². The first-order valence-electron chi connectivity index (χ1n) is 10.0. The number of carbonyl (C=O) groups excluding carboxylic acids is 2. The van der Waals surface area contributed by atoms with Crippen LogP contribution in [0.2, 0.25) is 0 Å². The predicted octanol–water partition coefficient (Wildman–Crippen LogP) is 3.75. The van der Waals surface area contributed by atoms with E-state index in [0.717, 1.165) is 59.4 Å². The third-order valence-corrected chi connectivity index (χ3v) is 6.97. The normalized spacial score (nSPS) is 15.4. The molecule has 2 aliphatic rings. The summed E-state index contributed by atoms with van der Waals surface area (Å²) in [4.78, 5) is 35.9. The lowest BCUT2D eigenvalue weighted by Gasteiger charge is -2.08. The first-order valence-corrected chi connectivity index (χ1v) is 10.8. The molecular formula is C22H22N4O2S. The van der Waals surface area contributed by atoms with Gasteiger partial charge in [-0.25, -0.2) is 9.97 Å². The Morgan fingerprint density at radius 3 is 2.59 bits per heavy atom. The molecule has 1 fully saturated rings. The highest BCUT2D eigenvalue weighted by molar-refractivity contribution is 7.20. The van der Waals surface area contributed by atoms with Crippen molar-refractivity contribution < 1.29 is 9.59 Å². The second kappa shape index (κ2) is 6.91. The highest BCUT2D eigenvalue weighted by Gasteiger charge is 2.28. The molecule has 3 aromatic rings. The molecule has 1 saturated carbocycles. The van der Waals surface area contributed by atoms with E-state index in [2.05, 4.69) is 20.8 Å². The van der Waals surface area contributed by atoms with Crippen molar-refractivity contribution in [1.29, 1.82) is 0 Å². The van der Waals surface area contributed by atoms with Gasteiger partial charge in [-0.2, -0.15) is 0 Å². The van der Waals surface area contributed by atoms with E-state index >= 15 is 0 Å². The molecule has 0 bridgehead atoms. The summed E-state index contributed by atoms with van der Waals surface area (Å²) >= 11 is 1.35. The Kier molecular flexibility index (Phi) is 4.35. The molecule has 5 rings (SSSR count). The molecule has 148 valence electrons. The van der Waals surface area contributed by atoms with Gasteiger partial charge in [0.15, 0.2) is 0 Å². The number of rotatable bonds is 3. The van der Waals surface area contributed by atoms with Crippen molar-refractivity contribution in [2.24, 2.45) is 0 Å². The number of carbonyl (C=O) groups is 2. The van der Waals surface area contributed by atoms with Crippen molar-refractivity contribution in [2.45, 2.75) is 51.9 Å². The summed E-state index contributed by atoms with van der Waals surface area (Å²) in [6.07, 6.45) is 5.48. The Bertz CT molecular complexity index is 1160. The lowest BCUT2D eigenvalue weighted by atomic mass is 10.1. The van der Waals surface area contributed by atoms with Crippen molar-refractivity contribution in [2.75, 3.05) is 0 Å². The Morgan fingerprint density at radius 1 is 1.03 bits per heavy atom. The SMILES string of the molecule is Cc1nc(C2CC2)nc2sc(C(=O)NNC(=O)c3ccc4c(c3)CCC4)c(C)c12. The van der Waals surface area contributed by atoms with Gasteiger partial charge in [-0.1, -0.05) is 6.07 Å². The van der Waals surface area contributed by atoms with Gasteiger partial charge in [-0.3, -0.25) is 20.4 Å². The molecule has 0 radical (unpaired) electrons. The van der Waals surface area contributed by atoms with Gasteiger partial charge < -0.3 is 0 Å². The van der Waals surface area contributed by atoms with E-state index in [4.69, 9.17) is 0 Å². The fourth-order valence-corrected chi connectivity index (χ4v) is 5.19. The van der Waals surface area contributed by atoms with E-state index in [1.54, 1.807) is 0 Å². The van der Waals surface area contributed by atoms with E-state index in [9.17, 15) is 9.59 Å². The number of nitrogens with one attached hydrogen (secondary N) is 2. The monoisotopic (exact) mass is 406 g/mol. The minimum atomic E-state index is -0.326. The quantitative estimate of drug-likeness (QED) is 0.649. The summed E-state index contributed by atoms with van der Waals surface area (Å²) in [6, 6.07) is 5.75. The van der Waals surface area contributed by atoms with Crippen molar-refractivity contribution in [1.82, 2.24) is 20.8 Å². The van der Waals surface area contributed by atoms with Gasteiger partial charge in [0.2, 0.25) is 0 Å². The molecule has 7 heteroatoms. The number of aromatic nitrogens is 2. The van der Waals surface area contributed by atoms with Crippen LogP contribution in [-0.4, -0.2) is 21.8 Å². The number of thiophene rings is 1. The molecular weight excluding hydrogens is 384 g/mol. The molecule has 2 N–H and O–H groups in total. The summed E-state index contributed by atoms with van der Waals surface area (Å²) in [5.74, 6) is 0.712. The maximum atomic E-state index is 12.7. The minimum Gasteiger partial charge on any atom is -0.267 e. The summed E-state index contributed by atoms with van der Waals surface area (Å²) in [5.41, 5.74) is 9.98. The van der Waals surface area contributed by atoms with Crippen LogP contribution >= 0.6 is 11.3 Å². The second-order valence-electron chi connectivity index (χ2n) is 7.92. The third kappa shape index (κ3) is 3.29. The van der Waals surface area contributed by atoms with Gasteiger partial charge in [0.1, 0.15) is 10.7 Å². The van der Waals surface area contributed by atoms with E-state index in [0.29, 0.717) is 16.4 Å². The molecule has 0 unspecified atom stereocenters. The molecule has 0 aliphatic heterocycles. The summed E-state index contributed by atoms with van der Waals surface area (Å²) in [5, 5.41) is 0.939. The predicted molar refractivity (Wildman–Crippen MR) is 112 cm³/mol. The second-order valence-corrected chi connectivity index (χ2v) is 8.92. The zero-order valence-electron chi connectivity index (χ0n) is 16.5. The number of aryl methyl sites for hydroxylation is 4. The molecule has 0 saturated heterocycles. The molecule has 2 amide bonds. The Morgan fingerprint density at radius 2 is 1.79 bits per heavy atom. The molecule has 2 heterocycles. The molecule has 2 aromatic heterocycles. The van der Waals surface area contributed by atoms with Crippen LogP contribution < -0.4 is 10.9 Å². The van der Waals surface area contributed by atoms with E-state index < -0.39 is 0 Å². The van der Waals surface area contributed by atoms with Crippen LogP contribution in [0.25, 0.3) is 10.2 Å². The van der Waals surface area contributed by atoms with Gasteiger partial charge in [-0.05, 0) is 74.8 Å². The first kappa shape index (κ1) is 18.2. The number of fused-ring (bicyclic) bond motifs is 2. The van der Waals surface area contributed by atoms with Crippen LogP contribution in [0.1, 0.15) is 73.4 Å². The lowest BCUT2D eigenvalue weighted by molar-refractivity contribution is 0.0848. The molecule has 6 nitrogen and oxygen atoms in total. The third-order valence-electron chi connectivity index (χ3n) is 5.79. The fourth-order valence-electron chi connectivity index (χ4n) is 4.06. The minimum absolute atomic E-state index is 0.307. The van der Waals surface area contributed by atoms with Gasteiger partial charge in [0.05, 0.1) is 10.6 Å². The van der Waals surface area contributed by atoms with Crippen LogP contribution in [0, 0.1) is 13.8 Å². The number of hydrogen-bond acceptors (Lipinski definition) is 5. The van der Waals surface area contributed by atoms with Crippen molar-refractivity contribution in [3.05, 3.63) is 56.8 Å². The number of hydrazine groups is 1. The topological polar surface area (TPSA) is 84.0 Å². The standard InChI is InChI=1S/C22H22N4O2S/c1-11-17-12(2)23-19(14-7-8-14)24-22(17)29-18(11)21(28)26-25-20(27)16-9-6-13-4-3-5-15(13)10-16/h6,9-10,14H,3-5,7-8H2,1-2H3,(H,25,27)(H,26,28). The van der Waals surface area contributed by atoms with E-state index in [1.807, 2.05) is 32.0 Å². The maximum absolute atomic E-state index is 12.7. The molecule has 29 heavy (non-hydrogen) atoms. The molecule has 2 aliphatic carbocycles. The number of amides is 2. The van der Waals surface area contributed by atoms with E-state index in [-0.39, 0.29) is 11.8 Å². The van der Waals surface area contributed by atoms with Crippen LogP contribution in [0.3, 0.4) is 0 Å². The van der Waals surface area contributed by atoms with Gasteiger partial charge >= 0.3 is 0 Å². The fraction of sp³-hybridized carbons (Fsp3) is 0.364. The van der Waals surface area contributed by atoms with Crippen LogP contribution in [0.4, 0.5) is 0 Å². The van der Waals surface area contributed by atoms with Crippen molar-refractivity contribution in [3.63, 3.8) is 0 Å². The average Bonchev–Trinajstić information content (AvgIpc) is 3.36. The number of hydrogen-bond donors (Lipinski definition) is 2. The summed E-state index contributed by atoms with van der Waals surface area (Å²) in [6.45, 7) is 3.87. The van der Waals surface area contributed by atoms with Crippen molar-refractivity contribution >= 4 is 33.4 Å². The maximum Gasteiger partial charge on any atom is 0.280 e. The Balaban J connectivity index is 1.34. The Labute approximate surface area is 172 Å². The van der Waals surface area contributed by atoms with Crippen LogP contribution in [0.5, 0.6) is 0 Å². The summed E-state index contributed by atoms with van der Waals surface area (Å²) < 4.78 is 0. The van der Waals surface area contributed by atoms with Gasteiger partial charge in [0, 0.05) is 16.9 Å². The van der Waals surface area contributed by atoms with Gasteiger partial charge in [0.25, 0.3) is 11.8 Å². The molecule has 0 spiro atoms. The highest BCUT2D eigenvalue weighted by atomic mass is 32.1. The lowest BCUT2D eigenvalue weighted by Crippen LogP contribution is -2.41. The number of benzene rings is 1. The Hall–Kier alpha value is -2.80. The average molecular weight is 407 g/mol.